The Morgan fingerprint density at radius 3 is 2.67 bits per heavy atom. The molecule has 0 aliphatic rings. The molecule has 0 heterocycles. The second-order valence-corrected chi connectivity index (χ2v) is 2.49. The summed E-state index contributed by atoms with van der Waals surface area (Å²) in [5.41, 5.74) is 8.65. The van der Waals surface area contributed by atoms with Crippen molar-refractivity contribution >= 4 is 5.69 Å². The van der Waals surface area contributed by atoms with Gasteiger partial charge in [-0.15, -0.1) is 0 Å². The van der Waals surface area contributed by atoms with Crippen molar-refractivity contribution in [3.63, 3.8) is 0 Å². The summed E-state index contributed by atoms with van der Waals surface area (Å²) in [6.07, 6.45) is 0. The Hall–Kier alpha value is -2.51. The van der Waals surface area contributed by atoms with E-state index >= 15 is 0 Å². The molecule has 0 amide bonds. The maximum Gasteiger partial charge on any atom is 0.269 e. The highest BCUT2D eigenvalue weighted by Gasteiger charge is 2.01. The Morgan fingerprint density at radius 2 is 2.13 bits per heavy atom. The van der Waals surface area contributed by atoms with E-state index in [4.69, 9.17) is 5.53 Å². The zero-order valence-corrected chi connectivity index (χ0v) is 7.62. The van der Waals surface area contributed by atoms with Crippen molar-refractivity contribution in [2.45, 2.75) is 0 Å². The van der Waals surface area contributed by atoms with Crippen molar-refractivity contribution in [1.82, 2.24) is 0 Å². The van der Waals surface area contributed by atoms with Crippen molar-refractivity contribution in [3.05, 3.63) is 50.4 Å². The molecule has 0 atom stereocenters. The fraction of sp³-hybridized carbons (Fsp3) is 0.111. The molecule has 74 valence electrons. The van der Waals surface area contributed by atoms with E-state index in [2.05, 4.69) is 21.9 Å². The smallest absolute Gasteiger partial charge is 0.258 e. The fourth-order valence-corrected chi connectivity index (χ4v) is 0.875. The number of rotatable bonds is 2. The van der Waals surface area contributed by atoms with Crippen LogP contribution in [0, 0.1) is 22.0 Å². The molecule has 0 N–H and O–H groups in total. The quantitative estimate of drug-likeness (QED) is 0.184. The highest BCUT2D eigenvalue weighted by atomic mass is 16.6. The SMILES string of the molecule is [N-]=[N+]=NCC#Cc1ccc([N+](=O)[O-])cc1. The number of azide groups is 1. The molecule has 1 aromatic rings. The van der Waals surface area contributed by atoms with Crippen LogP contribution in [0.3, 0.4) is 0 Å². The Kier molecular flexibility index (Phi) is 3.71. The zero-order valence-electron chi connectivity index (χ0n) is 7.62. The van der Waals surface area contributed by atoms with Gasteiger partial charge in [0, 0.05) is 22.6 Å². The minimum absolute atomic E-state index is 0.0237. The largest absolute Gasteiger partial charge is 0.269 e. The zero-order chi connectivity index (χ0) is 11.1. The molecular weight excluding hydrogens is 196 g/mol. The Labute approximate surface area is 85.3 Å². The maximum atomic E-state index is 10.3. The van der Waals surface area contributed by atoms with Crippen LogP contribution in [0.25, 0.3) is 10.4 Å². The minimum Gasteiger partial charge on any atom is -0.258 e. The average molecular weight is 202 g/mol. The van der Waals surface area contributed by atoms with Crippen LogP contribution < -0.4 is 0 Å². The van der Waals surface area contributed by atoms with E-state index in [1.54, 1.807) is 12.1 Å². The Morgan fingerprint density at radius 1 is 1.47 bits per heavy atom. The molecular formula is C9H6N4O2. The number of nitro benzene ring substituents is 1. The van der Waals surface area contributed by atoms with Crippen molar-refractivity contribution in [3.8, 4) is 11.8 Å². The van der Waals surface area contributed by atoms with E-state index in [1.165, 1.54) is 12.1 Å². The first kappa shape index (κ1) is 10.6. The lowest BCUT2D eigenvalue weighted by atomic mass is 10.2. The van der Waals surface area contributed by atoms with E-state index in [9.17, 15) is 10.1 Å². The van der Waals surface area contributed by atoms with Gasteiger partial charge in [0.1, 0.15) is 0 Å². The number of hydrogen-bond donors (Lipinski definition) is 0. The summed E-state index contributed by atoms with van der Waals surface area (Å²) in [5.74, 6) is 5.32. The van der Waals surface area contributed by atoms with E-state index in [1.807, 2.05) is 0 Å². The second kappa shape index (κ2) is 5.27. The molecule has 0 saturated heterocycles. The van der Waals surface area contributed by atoms with Crippen LogP contribution in [0.5, 0.6) is 0 Å². The van der Waals surface area contributed by atoms with E-state index in [0.717, 1.165) is 0 Å². The maximum absolute atomic E-state index is 10.3. The highest BCUT2D eigenvalue weighted by molar-refractivity contribution is 5.41. The van der Waals surface area contributed by atoms with Gasteiger partial charge >= 0.3 is 0 Å². The molecule has 0 fully saturated rings. The third-order valence-electron chi connectivity index (χ3n) is 1.52. The van der Waals surface area contributed by atoms with Gasteiger partial charge < -0.3 is 0 Å². The summed E-state index contributed by atoms with van der Waals surface area (Å²) in [4.78, 5) is 12.4. The predicted octanol–water partition coefficient (Wildman–Crippen LogP) is 2.26. The lowest BCUT2D eigenvalue weighted by molar-refractivity contribution is -0.384. The molecule has 0 aliphatic heterocycles. The summed E-state index contributed by atoms with van der Waals surface area (Å²) < 4.78 is 0. The van der Waals surface area contributed by atoms with Crippen LogP contribution in [0.2, 0.25) is 0 Å². The average Bonchev–Trinajstić information content (AvgIpc) is 2.25. The van der Waals surface area contributed by atoms with Crippen molar-refractivity contribution < 1.29 is 4.92 Å². The van der Waals surface area contributed by atoms with Crippen LogP contribution in [-0.2, 0) is 0 Å². The fourth-order valence-electron chi connectivity index (χ4n) is 0.875. The molecule has 1 rings (SSSR count). The number of non-ortho nitro benzene ring substituents is 1. The minimum atomic E-state index is -0.475. The number of benzene rings is 1. The molecule has 15 heavy (non-hydrogen) atoms. The van der Waals surface area contributed by atoms with Crippen LogP contribution >= 0.6 is 0 Å². The molecule has 0 unspecified atom stereocenters. The third-order valence-corrected chi connectivity index (χ3v) is 1.52. The summed E-state index contributed by atoms with van der Waals surface area (Å²) >= 11 is 0. The van der Waals surface area contributed by atoms with Gasteiger partial charge in [-0.25, -0.2) is 0 Å². The summed E-state index contributed by atoms with van der Waals surface area (Å²) in [5, 5.41) is 13.6. The van der Waals surface area contributed by atoms with Gasteiger partial charge in [0.25, 0.3) is 5.69 Å². The monoisotopic (exact) mass is 202 g/mol. The number of nitrogens with zero attached hydrogens (tertiary/aromatic N) is 4. The molecule has 0 bridgehead atoms. The predicted molar refractivity (Wildman–Crippen MR) is 54.0 cm³/mol. The molecule has 6 nitrogen and oxygen atoms in total. The lowest BCUT2D eigenvalue weighted by Crippen LogP contribution is -1.86. The van der Waals surface area contributed by atoms with Crippen molar-refractivity contribution in [1.29, 1.82) is 0 Å². The molecule has 0 aromatic heterocycles. The molecule has 6 heteroatoms. The molecule has 0 spiro atoms. The Balaban J connectivity index is 2.75. The lowest BCUT2D eigenvalue weighted by Gasteiger charge is -1.90. The summed E-state index contributed by atoms with van der Waals surface area (Å²) in [6.45, 7) is 0.0908. The van der Waals surface area contributed by atoms with Gasteiger partial charge in [0.05, 0.1) is 11.5 Å². The first-order valence-corrected chi connectivity index (χ1v) is 3.98. The van der Waals surface area contributed by atoms with Gasteiger partial charge in [0.15, 0.2) is 0 Å². The molecule has 0 saturated carbocycles. The van der Waals surface area contributed by atoms with Crippen LogP contribution in [0.4, 0.5) is 5.69 Å². The van der Waals surface area contributed by atoms with Gasteiger partial charge in [0.2, 0.25) is 0 Å². The Bertz CT molecular complexity index is 463. The summed E-state index contributed by atoms with van der Waals surface area (Å²) in [7, 11) is 0. The van der Waals surface area contributed by atoms with Crippen LogP contribution in [0.15, 0.2) is 29.4 Å². The molecule has 0 aliphatic carbocycles. The standard InChI is InChI=1S/C9H6N4O2/c10-12-11-7-1-2-8-3-5-9(6-4-8)13(14)15/h3-6H,7H2. The van der Waals surface area contributed by atoms with Gasteiger partial charge in [-0.3, -0.25) is 10.1 Å². The first-order valence-electron chi connectivity index (χ1n) is 3.98. The molecule has 1 aromatic carbocycles. The van der Waals surface area contributed by atoms with E-state index in [0.29, 0.717) is 5.56 Å². The first-order chi connectivity index (χ1) is 7.24. The number of nitro groups is 1. The normalized spacial score (nSPS) is 8.27. The summed E-state index contributed by atoms with van der Waals surface area (Å²) in [6, 6.07) is 5.83. The second-order valence-electron chi connectivity index (χ2n) is 2.49. The third kappa shape index (κ3) is 3.38. The van der Waals surface area contributed by atoms with Gasteiger partial charge in [-0.1, -0.05) is 17.0 Å². The van der Waals surface area contributed by atoms with E-state index in [-0.39, 0.29) is 12.2 Å². The van der Waals surface area contributed by atoms with Gasteiger partial charge in [-0.05, 0) is 17.7 Å². The molecule has 0 radical (unpaired) electrons. The highest BCUT2D eigenvalue weighted by Crippen LogP contribution is 2.10. The number of hydrogen-bond acceptors (Lipinski definition) is 3. The van der Waals surface area contributed by atoms with Crippen LogP contribution in [0.1, 0.15) is 5.56 Å². The topological polar surface area (TPSA) is 91.9 Å². The van der Waals surface area contributed by atoms with E-state index < -0.39 is 4.92 Å². The van der Waals surface area contributed by atoms with Gasteiger partial charge in [-0.2, -0.15) is 0 Å². The van der Waals surface area contributed by atoms with Crippen LogP contribution in [-0.4, -0.2) is 11.5 Å². The van der Waals surface area contributed by atoms with Crippen molar-refractivity contribution in [2.24, 2.45) is 5.11 Å². The van der Waals surface area contributed by atoms with Crippen molar-refractivity contribution in [2.75, 3.05) is 6.54 Å².